The van der Waals surface area contributed by atoms with E-state index in [0.717, 1.165) is 51.2 Å². The average molecular weight is 218 g/mol. The number of rotatable bonds is 6. The lowest BCUT2D eigenvalue weighted by Crippen LogP contribution is -2.41. The standard InChI is InChI=1S/C10H22N2OS/c1-10(14-2)9-11-3-4-12-5-7-13-8-6-12/h10-11H,3-9H2,1-2H3. The molecule has 1 N–H and O–H groups in total. The fourth-order valence-electron chi connectivity index (χ4n) is 1.45. The molecule has 0 amide bonds. The number of thioether (sulfide) groups is 1. The summed E-state index contributed by atoms with van der Waals surface area (Å²) in [6.45, 7) is 9.63. The fourth-order valence-corrected chi connectivity index (χ4v) is 1.74. The van der Waals surface area contributed by atoms with E-state index in [1.807, 2.05) is 11.8 Å². The summed E-state index contributed by atoms with van der Waals surface area (Å²) in [6, 6.07) is 0. The van der Waals surface area contributed by atoms with E-state index < -0.39 is 0 Å². The number of hydrogen-bond donors (Lipinski definition) is 1. The van der Waals surface area contributed by atoms with Crippen molar-refractivity contribution in [1.82, 2.24) is 10.2 Å². The van der Waals surface area contributed by atoms with Crippen LogP contribution in [0.15, 0.2) is 0 Å². The van der Waals surface area contributed by atoms with Crippen molar-refractivity contribution in [3.63, 3.8) is 0 Å². The van der Waals surface area contributed by atoms with Crippen LogP contribution in [0.2, 0.25) is 0 Å². The molecule has 1 rings (SSSR count). The molecule has 1 aliphatic rings. The summed E-state index contributed by atoms with van der Waals surface area (Å²) in [7, 11) is 0. The number of nitrogens with zero attached hydrogens (tertiary/aromatic N) is 1. The molecule has 0 aromatic rings. The lowest BCUT2D eigenvalue weighted by Gasteiger charge is -2.26. The maximum atomic E-state index is 5.30. The van der Waals surface area contributed by atoms with Gasteiger partial charge in [-0.1, -0.05) is 6.92 Å². The molecule has 0 spiro atoms. The van der Waals surface area contributed by atoms with Gasteiger partial charge in [0.2, 0.25) is 0 Å². The summed E-state index contributed by atoms with van der Waals surface area (Å²) in [5, 5.41) is 4.20. The van der Waals surface area contributed by atoms with Crippen molar-refractivity contribution in [2.45, 2.75) is 12.2 Å². The zero-order chi connectivity index (χ0) is 10.2. The predicted octanol–water partition coefficient (Wildman–Crippen LogP) is 0.660. The molecule has 4 heteroatoms. The summed E-state index contributed by atoms with van der Waals surface area (Å²) in [5.74, 6) is 0. The van der Waals surface area contributed by atoms with Gasteiger partial charge in [-0.25, -0.2) is 0 Å². The van der Waals surface area contributed by atoms with Gasteiger partial charge in [0.1, 0.15) is 0 Å². The third-order valence-corrected chi connectivity index (χ3v) is 3.51. The van der Waals surface area contributed by atoms with Gasteiger partial charge in [-0.3, -0.25) is 4.90 Å². The molecule has 1 atom stereocenters. The quantitative estimate of drug-likeness (QED) is 0.662. The van der Waals surface area contributed by atoms with Gasteiger partial charge in [-0.05, 0) is 6.26 Å². The summed E-state index contributed by atoms with van der Waals surface area (Å²) in [4.78, 5) is 2.46. The van der Waals surface area contributed by atoms with E-state index in [9.17, 15) is 0 Å². The van der Waals surface area contributed by atoms with Crippen LogP contribution in [0, 0.1) is 0 Å². The molecule has 0 aromatic carbocycles. The highest BCUT2D eigenvalue weighted by molar-refractivity contribution is 7.99. The van der Waals surface area contributed by atoms with Crippen molar-refractivity contribution in [1.29, 1.82) is 0 Å². The Hall–Kier alpha value is 0.230. The second kappa shape index (κ2) is 7.51. The van der Waals surface area contributed by atoms with Crippen LogP contribution in [0.25, 0.3) is 0 Å². The topological polar surface area (TPSA) is 24.5 Å². The first kappa shape index (κ1) is 12.3. The Labute approximate surface area is 91.6 Å². The lowest BCUT2D eigenvalue weighted by molar-refractivity contribution is 0.0385. The Morgan fingerprint density at radius 3 is 2.79 bits per heavy atom. The first-order chi connectivity index (χ1) is 6.83. The van der Waals surface area contributed by atoms with Gasteiger partial charge in [-0.2, -0.15) is 11.8 Å². The second-order valence-corrected chi connectivity index (χ2v) is 4.98. The number of ether oxygens (including phenoxy) is 1. The molecule has 0 bridgehead atoms. The van der Waals surface area contributed by atoms with Gasteiger partial charge in [0.15, 0.2) is 0 Å². The average Bonchev–Trinajstić information content (AvgIpc) is 2.25. The van der Waals surface area contributed by atoms with E-state index in [1.54, 1.807) is 0 Å². The fraction of sp³-hybridized carbons (Fsp3) is 1.00. The van der Waals surface area contributed by atoms with Crippen molar-refractivity contribution in [3.05, 3.63) is 0 Å². The minimum Gasteiger partial charge on any atom is -0.379 e. The molecule has 0 saturated carbocycles. The number of morpholine rings is 1. The molecule has 14 heavy (non-hydrogen) atoms. The summed E-state index contributed by atoms with van der Waals surface area (Å²) in [6.07, 6.45) is 2.16. The van der Waals surface area contributed by atoms with E-state index in [0.29, 0.717) is 0 Å². The normalized spacial score (nSPS) is 21.0. The zero-order valence-corrected chi connectivity index (χ0v) is 10.1. The van der Waals surface area contributed by atoms with Crippen LogP contribution in [0.3, 0.4) is 0 Å². The molecule has 0 radical (unpaired) electrons. The van der Waals surface area contributed by atoms with Crippen LogP contribution in [0.1, 0.15) is 6.92 Å². The third kappa shape index (κ3) is 5.20. The van der Waals surface area contributed by atoms with Crippen LogP contribution in [-0.4, -0.2) is 62.3 Å². The van der Waals surface area contributed by atoms with Crippen molar-refractivity contribution in [2.24, 2.45) is 0 Å². The largest absolute Gasteiger partial charge is 0.379 e. The van der Waals surface area contributed by atoms with Gasteiger partial charge in [0.25, 0.3) is 0 Å². The van der Waals surface area contributed by atoms with Crippen molar-refractivity contribution < 1.29 is 4.74 Å². The smallest absolute Gasteiger partial charge is 0.0594 e. The van der Waals surface area contributed by atoms with E-state index >= 15 is 0 Å². The highest BCUT2D eigenvalue weighted by Crippen LogP contribution is 2.02. The Morgan fingerprint density at radius 2 is 2.14 bits per heavy atom. The van der Waals surface area contributed by atoms with E-state index in [2.05, 4.69) is 23.4 Å². The van der Waals surface area contributed by atoms with Crippen molar-refractivity contribution in [2.75, 3.05) is 52.2 Å². The molecule has 84 valence electrons. The predicted molar refractivity (Wildman–Crippen MR) is 63.1 cm³/mol. The van der Waals surface area contributed by atoms with Gasteiger partial charge in [0.05, 0.1) is 13.2 Å². The molecule has 0 aliphatic carbocycles. The SMILES string of the molecule is CSC(C)CNCCN1CCOCC1. The first-order valence-corrected chi connectivity index (χ1v) is 6.65. The molecule has 3 nitrogen and oxygen atoms in total. The van der Waals surface area contributed by atoms with Crippen molar-refractivity contribution >= 4 is 11.8 Å². The third-order valence-electron chi connectivity index (χ3n) is 2.54. The summed E-state index contributed by atoms with van der Waals surface area (Å²) >= 11 is 1.91. The highest BCUT2D eigenvalue weighted by Gasteiger charge is 2.09. The zero-order valence-electron chi connectivity index (χ0n) is 9.29. The molecule has 1 aliphatic heterocycles. The van der Waals surface area contributed by atoms with E-state index in [1.165, 1.54) is 0 Å². The van der Waals surface area contributed by atoms with Crippen LogP contribution >= 0.6 is 11.8 Å². The summed E-state index contributed by atoms with van der Waals surface area (Å²) in [5.41, 5.74) is 0. The Kier molecular flexibility index (Phi) is 6.60. The molecular weight excluding hydrogens is 196 g/mol. The van der Waals surface area contributed by atoms with Gasteiger partial charge in [0, 0.05) is 38.0 Å². The number of nitrogens with one attached hydrogen (secondary N) is 1. The van der Waals surface area contributed by atoms with Crippen LogP contribution < -0.4 is 5.32 Å². The molecule has 1 heterocycles. The van der Waals surface area contributed by atoms with Gasteiger partial charge >= 0.3 is 0 Å². The molecule has 0 aromatic heterocycles. The maximum absolute atomic E-state index is 5.30. The maximum Gasteiger partial charge on any atom is 0.0594 e. The van der Waals surface area contributed by atoms with Crippen LogP contribution in [0.4, 0.5) is 0 Å². The Morgan fingerprint density at radius 1 is 1.43 bits per heavy atom. The van der Waals surface area contributed by atoms with E-state index in [-0.39, 0.29) is 0 Å². The molecule has 1 saturated heterocycles. The Balaban J connectivity index is 1.92. The summed E-state index contributed by atoms with van der Waals surface area (Å²) < 4.78 is 5.30. The monoisotopic (exact) mass is 218 g/mol. The second-order valence-electron chi connectivity index (χ2n) is 3.70. The van der Waals surface area contributed by atoms with E-state index in [4.69, 9.17) is 4.74 Å². The molecule has 1 fully saturated rings. The Bertz CT molecular complexity index is 140. The lowest BCUT2D eigenvalue weighted by atomic mass is 10.4. The van der Waals surface area contributed by atoms with Crippen LogP contribution in [-0.2, 0) is 4.74 Å². The minimum atomic E-state index is 0.722. The molecule has 1 unspecified atom stereocenters. The van der Waals surface area contributed by atoms with Crippen LogP contribution in [0.5, 0.6) is 0 Å². The van der Waals surface area contributed by atoms with Gasteiger partial charge < -0.3 is 10.1 Å². The van der Waals surface area contributed by atoms with Crippen molar-refractivity contribution in [3.8, 4) is 0 Å². The van der Waals surface area contributed by atoms with Gasteiger partial charge in [-0.15, -0.1) is 0 Å². The minimum absolute atomic E-state index is 0.722. The first-order valence-electron chi connectivity index (χ1n) is 5.36. The number of hydrogen-bond acceptors (Lipinski definition) is 4. The molecular formula is C10H22N2OS. The highest BCUT2D eigenvalue weighted by atomic mass is 32.2.